The van der Waals surface area contributed by atoms with Gasteiger partial charge < -0.3 is 9.88 Å². The van der Waals surface area contributed by atoms with Crippen LogP contribution >= 0.6 is 0 Å². The number of aromatic nitrogens is 2. The van der Waals surface area contributed by atoms with Crippen molar-refractivity contribution in [2.45, 2.75) is 13.5 Å². The van der Waals surface area contributed by atoms with Crippen LogP contribution < -0.4 is 0 Å². The van der Waals surface area contributed by atoms with Crippen molar-refractivity contribution in [1.82, 2.24) is 14.9 Å². The lowest BCUT2D eigenvalue weighted by molar-refractivity contribution is 0.0754. The van der Waals surface area contributed by atoms with Crippen molar-refractivity contribution in [3.63, 3.8) is 0 Å². The van der Waals surface area contributed by atoms with Gasteiger partial charge in [0.1, 0.15) is 0 Å². The number of nitrogens with one attached hydrogen (secondary N) is 1. The van der Waals surface area contributed by atoms with Crippen LogP contribution in [0.4, 0.5) is 0 Å². The maximum absolute atomic E-state index is 12.7. The highest BCUT2D eigenvalue weighted by atomic mass is 16.2. The SMILES string of the molecule is CCN(Cc1ccncc1)C(=O)c1c[nH]c2ccccc12. The van der Waals surface area contributed by atoms with Crippen LogP contribution in [-0.2, 0) is 6.54 Å². The third-order valence-corrected chi connectivity index (χ3v) is 3.61. The summed E-state index contributed by atoms with van der Waals surface area (Å²) in [5.41, 5.74) is 2.79. The van der Waals surface area contributed by atoms with Gasteiger partial charge in [0.2, 0.25) is 0 Å². The summed E-state index contributed by atoms with van der Waals surface area (Å²) in [6.45, 7) is 3.26. The molecule has 1 aromatic carbocycles. The number of carbonyl (C=O) groups excluding carboxylic acids is 1. The molecule has 2 heterocycles. The molecule has 0 saturated carbocycles. The summed E-state index contributed by atoms with van der Waals surface area (Å²) in [5.74, 6) is 0.0479. The number of benzene rings is 1. The first-order valence-electron chi connectivity index (χ1n) is 7.04. The van der Waals surface area contributed by atoms with Crippen LogP contribution in [0.1, 0.15) is 22.8 Å². The summed E-state index contributed by atoms with van der Waals surface area (Å²) in [5, 5.41) is 0.968. The average molecular weight is 279 g/mol. The minimum atomic E-state index is 0.0479. The molecular formula is C17H17N3O. The molecule has 0 spiro atoms. The summed E-state index contributed by atoms with van der Waals surface area (Å²) in [7, 11) is 0. The second kappa shape index (κ2) is 5.79. The number of carbonyl (C=O) groups is 1. The number of amides is 1. The van der Waals surface area contributed by atoms with Crippen LogP contribution in [-0.4, -0.2) is 27.3 Å². The Morgan fingerprint density at radius 2 is 1.95 bits per heavy atom. The smallest absolute Gasteiger partial charge is 0.256 e. The predicted molar refractivity (Wildman–Crippen MR) is 83.0 cm³/mol. The number of nitrogens with zero attached hydrogens (tertiary/aromatic N) is 2. The molecule has 0 unspecified atom stereocenters. The molecular weight excluding hydrogens is 262 g/mol. The second-order valence-corrected chi connectivity index (χ2v) is 4.92. The van der Waals surface area contributed by atoms with E-state index < -0.39 is 0 Å². The number of pyridine rings is 1. The number of hydrogen-bond donors (Lipinski definition) is 1. The second-order valence-electron chi connectivity index (χ2n) is 4.92. The molecule has 4 heteroatoms. The van der Waals surface area contributed by atoms with Gasteiger partial charge in [-0.3, -0.25) is 9.78 Å². The fraction of sp³-hybridized carbons (Fsp3) is 0.176. The molecule has 0 bridgehead atoms. The van der Waals surface area contributed by atoms with Gasteiger partial charge in [0, 0.05) is 42.6 Å². The Bertz CT molecular complexity index is 749. The van der Waals surface area contributed by atoms with E-state index in [0.29, 0.717) is 13.1 Å². The standard InChI is InChI=1S/C17H17N3O/c1-2-20(12-13-7-9-18-10-8-13)17(21)15-11-19-16-6-4-3-5-14(15)16/h3-11,19H,2,12H2,1H3. The molecule has 0 atom stereocenters. The molecule has 3 rings (SSSR count). The van der Waals surface area contributed by atoms with Crippen molar-refractivity contribution >= 4 is 16.8 Å². The number of para-hydroxylation sites is 1. The molecule has 21 heavy (non-hydrogen) atoms. The van der Waals surface area contributed by atoms with Gasteiger partial charge in [-0.1, -0.05) is 18.2 Å². The summed E-state index contributed by atoms with van der Waals surface area (Å²) < 4.78 is 0. The summed E-state index contributed by atoms with van der Waals surface area (Å²) in [4.78, 5) is 21.7. The molecule has 1 amide bonds. The van der Waals surface area contributed by atoms with E-state index >= 15 is 0 Å². The van der Waals surface area contributed by atoms with Crippen molar-refractivity contribution < 1.29 is 4.79 Å². The first-order chi connectivity index (χ1) is 10.3. The molecule has 0 aliphatic heterocycles. The van der Waals surface area contributed by atoms with E-state index in [0.717, 1.165) is 22.0 Å². The van der Waals surface area contributed by atoms with E-state index in [9.17, 15) is 4.79 Å². The zero-order valence-corrected chi connectivity index (χ0v) is 11.9. The Hall–Kier alpha value is -2.62. The average Bonchev–Trinajstić information content (AvgIpc) is 2.97. The summed E-state index contributed by atoms with van der Waals surface area (Å²) >= 11 is 0. The monoisotopic (exact) mass is 279 g/mol. The molecule has 0 aliphatic carbocycles. The van der Waals surface area contributed by atoms with E-state index in [1.807, 2.05) is 48.2 Å². The zero-order chi connectivity index (χ0) is 14.7. The lowest BCUT2D eigenvalue weighted by Gasteiger charge is -2.20. The minimum absolute atomic E-state index is 0.0479. The van der Waals surface area contributed by atoms with E-state index in [4.69, 9.17) is 0 Å². The number of rotatable bonds is 4. The van der Waals surface area contributed by atoms with Gasteiger partial charge in [0.15, 0.2) is 0 Å². The molecule has 0 saturated heterocycles. The van der Waals surface area contributed by atoms with Gasteiger partial charge in [0.05, 0.1) is 5.56 Å². The molecule has 4 nitrogen and oxygen atoms in total. The highest BCUT2D eigenvalue weighted by Crippen LogP contribution is 2.20. The van der Waals surface area contributed by atoms with E-state index in [-0.39, 0.29) is 5.91 Å². The van der Waals surface area contributed by atoms with Crippen molar-refractivity contribution in [2.24, 2.45) is 0 Å². The Morgan fingerprint density at radius 3 is 2.71 bits per heavy atom. The van der Waals surface area contributed by atoms with Crippen molar-refractivity contribution in [2.75, 3.05) is 6.54 Å². The molecule has 0 aliphatic rings. The van der Waals surface area contributed by atoms with E-state index in [2.05, 4.69) is 9.97 Å². The lowest BCUT2D eigenvalue weighted by atomic mass is 10.1. The highest BCUT2D eigenvalue weighted by Gasteiger charge is 2.18. The van der Waals surface area contributed by atoms with E-state index in [1.165, 1.54) is 0 Å². The number of hydrogen-bond acceptors (Lipinski definition) is 2. The van der Waals surface area contributed by atoms with Gasteiger partial charge >= 0.3 is 0 Å². The third kappa shape index (κ3) is 2.65. The van der Waals surface area contributed by atoms with Gasteiger partial charge in [0.25, 0.3) is 5.91 Å². The lowest BCUT2D eigenvalue weighted by Crippen LogP contribution is -2.30. The van der Waals surface area contributed by atoms with Crippen LogP contribution in [0.25, 0.3) is 10.9 Å². The minimum Gasteiger partial charge on any atom is -0.360 e. The molecule has 3 aromatic rings. The summed E-state index contributed by atoms with van der Waals surface area (Å²) in [6, 6.07) is 11.7. The highest BCUT2D eigenvalue weighted by molar-refractivity contribution is 6.06. The molecule has 1 N–H and O–H groups in total. The first-order valence-corrected chi connectivity index (χ1v) is 7.04. The largest absolute Gasteiger partial charge is 0.360 e. The topological polar surface area (TPSA) is 49.0 Å². The fourth-order valence-corrected chi connectivity index (χ4v) is 2.45. The van der Waals surface area contributed by atoms with E-state index in [1.54, 1.807) is 18.6 Å². The fourth-order valence-electron chi connectivity index (χ4n) is 2.45. The predicted octanol–water partition coefficient (Wildman–Crippen LogP) is 3.23. The maximum atomic E-state index is 12.7. The third-order valence-electron chi connectivity index (χ3n) is 3.61. The molecule has 106 valence electrons. The normalized spacial score (nSPS) is 10.7. The van der Waals surface area contributed by atoms with Crippen molar-refractivity contribution in [1.29, 1.82) is 0 Å². The Labute approximate surface area is 123 Å². The Kier molecular flexibility index (Phi) is 3.69. The Balaban J connectivity index is 1.88. The van der Waals surface area contributed by atoms with Gasteiger partial charge in [-0.15, -0.1) is 0 Å². The van der Waals surface area contributed by atoms with Gasteiger partial charge in [-0.2, -0.15) is 0 Å². The number of H-pyrrole nitrogens is 1. The van der Waals surface area contributed by atoms with Gasteiger partial charge in [-0.25, -0.2) is 0 Å². The van der Waals surface area contributed by atoms with Crippen LogP contribution in [0, 0.1) is 0 Å². The maximum Gasteiger partial charge on any atom is 0.256 e. The van der Waals surface area contributed by atoms with Gasteiger partial charge in [-0.05, 0) is 30.7 Å². The number of fused-ring (bicyclic) bond motifs is 1. The van der Waals surface area contributed by atoms with Crippen molar-refractivity contribution in [3.8, 4) is 0 Å². The van der Waals surface area contributed by atoms with Crippen LogP contribution in [0.3, 0.4) is 0 Å². The molecule has 2 aromatic heterocycles. The molecule has 0 radical (unpaired) electrons. The number of aromatic amines is 1. The quantitative estimate of drug-likeness (QED) is 0.797. The summed E-state index contributed by atoms with van der Waals surface area (Å²) in [6.07, 6.45) is 5.29. The molecule has 0 fully saturated rings. The first kappa shape index (κ1) is 13.4. The van der Waals surface area contributed by atoms with Crippen molar-refractivity contribution in [3.05, 3.63) is 66.1 Å². The zero-order valence-electron chi connectivity index (χ0n) is 11.9. The van der Waals surface area contributed by atoms with Crippen LogP contribution in [0.15, 0.2) is 55.0 Å². The van der Waals surface area contributed by atoms with Crippen LogP contribution in [0.2, 0.25) is 0 Å². The van der Waals surface area contributed by atoms with Crippen LogP contribution in [0.5, 0.6) is 0 Å². The Morgan fingerprint density at radius 1 is 1.19 bits per heavy atom.